The predicted octanol–water partition coefficient (Wildman–Crippen LogP) is 2.13. The number of aromatic amines is 1. The van der Waals surface area contributed by atoms with E-state index in [1.165, 1.54) is 0 Å². The lowest BCUT2D eigenvalue weighted by atomic mass is 9.82. The number of amides is 1. The van der Waals surface area contributed by atoms with Gasteiger partial charge in [0, 0.05) is 29.8 Å². The maximum absolute atomic E-state index is 12.1. The van der Waals surface area contributed by atoms with Gasteiger partial charge in [-0.05, 0) is 31.9 Å². The average molecular weight is 353 g/mol. The maximum atomic E-state index is 12.1. The molecular weight excluding hydrogens is 334 g/mol. The van der Waals surface area contributed by atoms with Gasteiger partial charge in [-0.25, -0.2) is 9.97 Å². The molecule has 0 spiro atoms. The van der Waals surface area contributed by atoms with Crippen molar-refractivity contribution in [1.29, 1.82) is 0 Å². The summed E-state index contributed by atoms with van der Waals surface area (Å²) in [5, 5.41) is 13.0. The number of aromatic nitrogens is 4. The van der Waals surface area contributed by atoms with Gasteiger partial charge in [0.2, 0.25) is 5.91 Å². The number of nitrogens with zero attached hydrogens (tertiary/aromatic N) is 3. The van der Waals surface area contributed by atoms with Gasteiger partial charge in [0.15, 0.2) is 0 Å². The fourth-order valence-corrected chi connectivity index (χ4v) is 2.95. The Morgan fingerprint density at radius 1 is 1.38 bits per heavy atom. The summed E-state index contributed by atoms with van der Waals surface area (Å²) in [5.41, 5.74) is 2.37. The summed E-state index contributed by atoms with van der Waals surface area (Å²) >= 11 is 0. The Kier molecular flexibility index (Phi) is 4.26. The van der Waals surface area contributed by atoms with Gasteiger partial charge < -0.3 is 20.1 Å². The highest BCUT2D eigenvalue weighted by Gasteiger charge is 2.33. The van der Waals surface area contributed by atoms with E-state index in [1.54, 1.807) is 24.5 Å². The second-order valence-electron chi connectivity index (χ2n) is 6.31. The molecule has 0 unspecified atom stereocenters. The van der Waals surface area contributed by atoms with E-state index in [4.69, 9.17) is 4.74 Å². The quantitative estimate of drug-likeness (QED) is 0.648. The monoisotopic (exact) mass is 353 g/mol. The second-order valence-corrected chi connectivity index (χ2v) is 6.31. The molecule has 1 amide bonds. The Morgan fingerprint density at radius 3 is 3.00 bits per heavy atom. The number of aliphatic hydroxyl groups is 1. The summed E-state index contributed by atoms with van der Waals surface area (Å²) < 4.78 is 5.34. The number of aliphatic hydroxyl groups excluding tert-OH is 1. The Labute approximate surface area is 149 Å². The molecule has 1 aliphatic rings. The number of carbonyl (C=O) groups excluding carboxylic acids is 1. The molecule has 1 saturated carbocycles. The minimum atomic E-state index is -0.360. The number of nitrogens with one attached hydrogen (secondary N) is 2. The molecule has 8 nitrogen and oxygen atoms in total. The highest BCUT2D eigenvalue weighted by atomic mass is 16.5. The van der Waals surface area contributed by atoms with Crippen molar-refractivity contribution in [2.45, 2.75) is 25.9 Å². The van der Waals surface area contributed by atoms with Crippen molar-refractivity contribution in [3.63, 3.8) is 0 Å². The highest BCUT2D eigenvalue weighted by molar-refractivity contribution is 5.94. The molecule has 1 aliphatic carbocycles. The van der Waals surface area contributed by atoms with E-state index in [0.717, 1.165) is 16.6 Å². The first kappa shape index (κ1) is 16.5. The van der Waals surface area contributed by atoms with Gasteiger partial charge >= 0.3 is 6.01 Å². The molecule has 0 aromatic carbocycles. The molecule has 8 heteroatoms. The molecule has 3 aromatic rings. The summed E-state index contributed by atoms with van der Waals surface area (Å²) in [7, 11) is 0. The van der Waals surface area contributed by atoms with Gasteiger partial charge in [0.05, 0.1) is 29.6 Å². The molecule has 3 aromatic heterocycles. The van der Waals surface area contributed by atoms with Crippen LogP contribution in [0.15, 0.2) is 30.6 Å². The molecule has 3 heterocycles. The molecule has 134 valence electrons. The lowest BCUT2D eigenvalue weighted by Gasteiger charge is -2.29. The maximum Gasteiger partial charge on any atom is 0.316 e. The number of pyridine rings is 1. The number of H-pyrrole nitrogens is 1. The Balaban J connectivity index is 1.56. The molecule has 26 heavy (non-hydrogen) atoms. The summed E-state index contributed by atoms with van der Waals surface area (Å²) in [4.78, 5) is 28.1. The smallest absolute Gasteiger partial charge is 0.316 e. The fraction of sp³-hybridized carbons (Fsp3) is 0.333. The Hall–Kier alpha value is -3.00. The van der Waals surface area contributed by atoms with Crippen molar-refractivity contribution in [3.8, 4) is 17.4 Å². The molecule has 0 saturated heterocycles. The SMILES string of the molecule is CCOc1nccc(-c2cc3cnc(NC(=O)[C@H]4C[C@H](O)C4)cc3[nH]2)n1. The molecular formula is C18H19N5O3. The third-order valence-electron chi connectivity index (χ3n) is 4.42. The van der Waals surface area contributed by atoms with Gasteiger partial charge in [-0.2, -0.15) is 4.98 Å². The van der Waals surface area contributed by atoms with Gasteiger partial charge in [0.25, 0.3) is 0 Å². The van der Waals surface area contributed by atoms with Gasteiger partial charge in [0.1, 0.15) is 5.82 Å². The van der Waals surface area contributed by atoms with Crippen LogP contribution in [0.2, 0.25) is 0 Å². The minimum Gasteiger partial charge on any atom is -0.464 e. The van der Waals surface area contributed by atoms with Crippen LogP contribution in [0.25, 0.3) is 22.3 Å². The average Bonchev–Trinajstić information content (AvgIpc) is 3.03. The molecule has 0 bridgehead atoms. The number of carbonyl (C=O) groups is 1. The molecule has 3 N–H and O–H groups in total. The lowest BCUT2D eigenvalue weighted by Crippen LogP contribution is -2.37. The van der Waals surface area contributed by atoms with E-state index in [1.807, 2.05) is 13.0 Å². The van der Waals surface area contributed by atoms with Crippen LogP contribution in [-0.4, -0.2) is 43.7 Å². The molecule has 1 fully saturated rings. The highest BCUT2D eigenvalue weighted by Crippen LogP contribution is 2.29. The largest absolute Gasteiger partial charge is 0.464 e. The van der Waals surface area contributed by atoms with E-state index in [9.17, 15) is 9.90 Å². The second kappa shape index (κ2) is 6.72. The van der Waals surface area contributed by atoms with Crippen molar-refractivity contribution < 1.29 is 14.6 Å². The molecule has 0 aliphatic heterocycles. The molecule has 0 atom stereocenters. The molecule has 0 radical (unpaired) electrons. The minimum absolute atomic E-state index is 0.105. The van der Waals surface area contributed by atoms with Crippen molar-refractivity contribution >= 4 is 22.6 Å². The normalized spacial score (nSPS) is 19.2. The number of anilines is 1. The Morgan fingerprint density at radius 2 is 2.23 bits per heavy atom. The van der Waals surface area contributed by atoms with Crippen LogP contribution in [0.5, 0.6) is 6.01 Å². The fourth-order valence-electron chi connectivity index (χ4n) is 2.95. The van der Waals surface area contributed by atoms with Crippen LogP contribution >= 0.6 is 0 Å². The number of hydrogen-bond donors (Lipinski definition) is 3. The van der Waals surface area contributed by atoms with E-state index in [-0.39, 0.29) is 17.9 Å². The van der Waals surface area contributed by atoms with Crippen molar-refractivity contribution in [2.75, 3.05) is 11.9 Å². The number of hydrogen-bond acceptors (Lipinski definition) is 6. The predicted molar refractivity (Wildman–Crippen MR) is 95.6 cm³/mol. The summed E-state index contributed by atoms with van der Waals surface area (Å²) in [6.45, 7) is 2.38. The van der Waals surface area contributed by atoms with E-state index in [2.05, 4.69) is 25.3 Å². The zero-order valence-corrected chi connectivity index (χ0v) is 14.3. The van der Waals surface area contributed by atoms with Crippen molar-refractivity contribution in [2.24, 2.45) is 5.92 Å². The first-order chi connectivity index (χ1) is 12.6. The van der Waals surface area contributed by atoms with Crippen LogP contribution in [0.3, 0.4) is 0 Å². The van der Waals surface area contributed by atoms with Crippen LogP contribution in [0.1, 0.15) is 19.8 Å². The summed E-state index contributed by atoms with van der Waals surface area (Å²) in [6.07, 6.45) is 4.01. The third-order valence-corrected chi connectivity index (χ3v) is 4.42. The summed E-state index contributed by atoms with van der Waals surface area (Å²) in [6, 6.07) is 5.85. The first-order valence-electron chi connectivity index (χ1n) is 8.56. The van der Waals surface area contributed by atoms with Crippen LogP contribution in [-0.2, 0) is 4.79 Å². The van der Waals surface area contributed by atoms with Crippen LogP contribution in [0.4, 0.5) is 5.82 Å². The van der Waals surface area contributed by atoms with Gasteiger partial charge in [-0.1, -0.05) is 0 Å². The zero-order valence-electron chi connectivity index (χ0n) is 14.3. The summed E-state index contributed by atoms with van der Waals surface area (Å²) in [5.74, 6) is 0.237. The van der Waals surface area contributed by atoms with E-state index in [0.29, 0.717) is 37.0 Å². The zero-order chi connectivity index (χ0) is 18.1. The standard InChI is InChI=1S/C18H19N5O3/c1-2-26-18-19-4-3-13(22-18)15-7-11-9-20-16(8-14(11)21-15)23-17(25)10-5-12(24)6-10/h3-4,7-10,12,21,24H,2,5-6H2,1H3,(H,20,23,25)/t10-,12-. The van der Waals surface area contributed by atoms with Gasteiger partial charge in [-0.15, -0.1) is 0 Å². The van der Waals surface area contributed by atoms with Crippen LogP contribution in [0, 0.1) is 5.92 Å². The number of ether oxygens (including phenoxy) is 1. The number of rotatable bonds is 5. The molecule has 4 rings (SSSR count). The van der Waals surface area contributed by atoms with Crippen molar-refractivity contribution in [3.05, 3.63) is 30.6 Å². The van der Waals surface area contributed by atoms with E-state index >= 15 is 0 Å². The third kappa shape index (κ3) is 3.23. The lowest BCUT2D eigenvalue weighted by molar-refractivity contribution is -0.126. The number of fused-ring (bicyclic) bond motifs is 1. The first-order valence-corrected chi connectivity index (χ1v) is 8.56. The van der Waals surface area contributed by atoms with E-state index < -0.39 is 0 Å². The topological polar surface area (TPSA) is 113 Å². The van der Waals surface area contributed by atoms with Crippen molar-refractivity contribution in [1.82, 2.24) is 19.9 Å². The Bertz CT molecular complexity index is 949. The van der Waals surface area contributed by atoms with Crippen LogP contribution < -0.4 is 10.1 Å². The van der Waals surface area contributed by atoms with Gasteiger partial charge in [-0.3, -0.25) is 4.79 Å².